The number of nitrogens with zero attached hydrogens (tertiary/aromatic N) is 2. The van der Waals surface area contributed by atoms with Gasteiger partial charge in [-0.2, -0.15) is 13.2 Å². The van der Waals surface area contributed by atoms with Crippen LogP contribution in [0.15, 0.2) is 18.3 Å². The zero-order valence-electron chi connectivity index (χ0n) is 16.8. The van der Waals surface area contributed by atoms with Gasteiger partial charge in [0.25, 0.3) is 0 Å². The maximum atomic E-state index is 14.8. The van der Waals surface area contributed by atoms with Crippen LogP contribution in [0.25, 0.3) is 11.4 Å². The van der Waals surface area contributed by atoms with Crippen molar-refractivity contribution in [1.29, 1.82) is 0 Å². The number of alkyl halides is 3. The number of hydrogen-bond acceptors (Lipinski definition) is 2. The van der Waals surface area contributed by atoms with Crippen LogP contribution in [-0.2, 0) is 24.3 Å². The summed E-state index contributed by atoms with van der Waals surface area (Å²) in [5, 5.41) is 0.0293. The fourth-order valence-corrected chi connectivity index (χ4v) is 3.46. The number of hydrogen-bond donors (Lipinski definition) is 0. The van der Waals surface area contributed by atoms with E-state index in [0.29, 0.717) is 11.1 Å². The summed E-state index contributed by atoms with van der Waals surface area (Å²) in [5.74, 6) is -0.652. The van der Waals surface area contributed by atoms with Crippen molar-refractivity contribution in [2.45, 2.75) is 58.6 Å². The molecule has 0 saturated heterocycles. The van der Waals surface area contributed by atoms with E-state index < -0.39 is 26.0 Å². The zero-order valence-corrected chi connectivity index (χ0v) is 17.8. The number of halogens is 4. The first-order valence-electron chi connectivity index (χ1n) is 8.67. The van der Waals surface area contributed by atoms with Gasteiger partial charge in [-0.3, -0.25) is 0 Å². The Labute approximate surface area is 158 Å². The van der Waals surface area contributed by atoms with Crippen molar-refractivity contribution in [2.24, 2.45) is 7.05 Å². The Morgan fingerprint density at radius 3 is 2.19 bits per heavy atom. The summed E-state index contributed by atoms with van der Waals surface area (Å²) >= 11 is 0. The first-order valence-corrected chi connectivity index (χ1v) is 11.6. The molecule has 0 amide bonds. The Bertz CT molecular complexity index is 812. The second kappa shape index (κ2) is 7.05. The number of rotatable bonds is 4. The predicted molar refractivity (Wildman–Crippen MR) is 100 cm³/mol. The molecule has 0 N–H and O–H groups in total. The van der Waals surface area contributed by atoms with Gasteiger partial charge in [-0.15, -0.1) is 0 Å². The normalized spacial score (nSPS) is 13.3. The van der Waals surface area contributed by atoms with E-state index in [1.54, 1.807) is 13.0 Å². The molecule has 0 saturated carbocycles. The minimum atomic E-state index is -4.57. The highest BCUT2D eigenvalue weighted by Crippen LogP contribution is 2.37. The lowest BCUT2D eigenvalue weighted by Gasteiger charge is -2.36. The number of benzene rings is 1. The Morgan fingerprint density at radius 1 is 1.15 bits per heavy atom. The van der Waals surface area contributed by atoms with Gasteiger partial charge in [0.15, 0.2) is 14.0 Å². The van der Waals surface area contributed by atoms with E-state index in [2.05, 4.69) is 38.8 Å². The molecule has 150 valence electrons. The molecule has 2 aromatic rings. The van der Waals surface area contributed by atoms with Gasteiger partial charge in [0, 0.05) is 13.2 Å². The molecule has 1 heterocycles. The zero-order chi connectivity index (χ0) is 20.8. The molecule has 0 aliphatic heterocycles. The highest BCUT2D eigenvalue weighted by Gasteiger charge is 2.37. The van der Waals surface area contributed by atoms with Gasteiger partial charge < -0.3 is 8.99 Å². The van der Waals surface area contributed by atoms with Crippen molar-refractivity contribution < 1.29 is 22.0 Å². The maximum Gasteiger partial charge on any atom is 0.434 e. The SMILES string of the molecule is Cc1cc(CO[Si](C)(C)C(C)(C)C)cc(F)c1-c1nc(C(F)(F)F)cn1C. The predicted octanol–water partition coefficient (Wildman–Crippen LogP) is 6.08. The van der Waals surface area contributed by atoms with Crippen molar-refractivity contribution in [2.75, 3.05) is 0 Å². The van der Waals surface area contributed by atoms with E-state index in [0.717, 1.165) is 6.20 Å². The van der Waals surface area contributed by atoms with Crippen LogP contribution in [0.1, 0.15) is 37.6 Å². The average Bonchev–Trinajstić information content (AvgIpc) is 2.85. The van der Waals surface area contributed by atoms with Crippen molar-refractivity contribution in [1.82, 2.24) is 9.55 Å². The van der Waals surface area contributed by atoms with Gasteiger partial charge in [0.2, 0.25) is 0 Å². The maximum absolute atomic E-state index is 14.8. The molecule has 1 aromatic heterocycles. The number of imidazole rings is 1. The van der Waals surface area contributed by atoms with Gasteiger partial charge in [0.1, 0.15) is 11.6 Å². The molecule has 27 heavy (non-hydrogen) atoms. The van der Waals surface area contributed by atoms with Gasteiger partial charge in [-0.25, -0.2) is 9.37 Å². The summed E-state index contributed by atoms with van der Waals surface area (Å²) in [6.45, 7) is 12.5. The largest absolute Gasteiger partial charge is 0.434 e. The smallest absolute Gasteiger partial charge is 0.413 e. The molecule has 0 spiro atoms. The van der Waals surface area contributed by atoms with Crippen LogP contribution < -0.4 is 0 Å². The first-order chi connectivity index (χ1) is 12.1. The third kappa shape index (κ3) is 4.60. The molecule has 0 aliphatic carbocycles. The second-order valence-corrected chi connectivity index (χ2v) is 13.2. The highest BCUT2D eigenvalue weighted by molar-refractivity contribution is 6.74. The van der Waals surface area contributed by atoms with Crippen LogP contribution in [0.2, 0.25) is 18.1 Å². The minimum Gasteiger partial charge on any atom is -0.413 e. The summed E-state index contributed by atoms with van der Waals surface area (Å²) in [6.07, 6.45) is -3.71. The van der Waals surface area contributed by atoms with Crippen molar-refractivity contribution >= 4 is 8.32 Å². The van der Waals surface area contributed by atoms with Crippen molar-refractivity contribution in [3.63, 3.8) is 0 Å². The molecule has 1 aromatic carbocycles. The molecular formula is C19H26F4N2OSi. The summed E-state index contributed by atoms with van der Waals surface area (Å²) in [7, 11) is -0.569. The van der Waals surface area contributed by atoms with Gasteiger partial charge in [-0.1, -0.05) is 26.8 Å². The Balaban J connectivity index is 2.35. The summed E-state index contributed by atoms with van der Waals surface area (Å²) in [4.78, 5) is 3.59. The van der Waals surface area contributed by atoms with Crippen molar-refractivity contribution in [3.05, 3.63) is 41.0 Å². The Kier molecular flexibility index (Phi) is 5.65. The van der Waals surface area contributed by atoms with Crippen LogP contribution in [0, 0.1) is 12.7 Å². The van der Waals surface area contributed by atoms with Gasteiger partial charge in [-0.05, 0) is 42.2 Å². The van der Waals surface area contributed by atoms with Gasteiger partial charge >= 0.3 is 6.18 Å². The average molecular weight is 403 g/mol. The number of aromatic nitrogens is 2. The topological polar surface area (TPSA) is 27.1 Å². The summed E-state index contributed by atoms with van der Waals surface area (Å²) < 4.78 is 60.7. The third-order valence-electron chi connectivity index (χ3n) is 5.14. The quantitative estimate of drug-likeness (QED) is 0.458. The highest BCUT2D eigenvalue weighted by atomic mass is 28.4. The fraction of sp³-hybridized carbons (Fsp3) is 0.526. The second-order valence-electron chi connectivity index (χ2n) is 8.38. The third-order valence-corrected chi connectivity index (χ3v) is 9.62. The summed E-state index contributed by atoms with van der Waals surface area (Å²) in [6, 6.07) is 3.06. The van der Waals surface area contributed by atoms with E-state index in [1.165, 1.54) is 17.7 Å². The molecule has 0 fully saturated rings. The van der Waals surface area contributed by atoms with Crippen LogP contribution in [0.4, 0.5) is 17.6 Å². The Hall–Kier alpha value is -1.67. The molecular weight excluding hydrogens is 376 g/mol. The monoisotopic (exact) mass is 402 g/mol. The van der Waals surface area contributed by atoms with Crippen LogP contribution in [0.3, 0.4) is 0 Å². The van der Waals surface area contributed by atoms with E-state index in [1.807, 2.05) is 0 Å². The van der Waals surface area contributed by atoms with E-state index in [-0.39, 0.29) is 23.0 Å². The molecule has 0 aliphatic rings. The van der Waals surface area contributed by atoms with Crippen LogP contribution in [-0.4, -0.2) is 17.9 Å². The molecule has 0 atom stereocenters. The van der Waals surface area contributed by atoms with E-state index >= 15 is 0 Å². The van der Waals surface area contributed by atoms with E-state index in [4.69, 9.17) is 4.43 Å². The molecule has 0 bridgehead atoms. The van der Waals surface area contributed by atoms with Gasteiger partial charge in [0.05, 0.1) is 12.2 Å². The minimum absolute atomic E-state index is 0.0293. The first kappa shape index (κ1) is 21.6. The number of aryl methyl sites for hydroxylation is 2. The summed E-state index contributed by atoms with van der Waals surface area (Å²) in [5.41, 5.74) is 0.211. The molecule has 8 heteroatoms. The molecule has 0 radical (unpaired) electrons. The standard InChI is InChI=1S/C19H26F4N2OSi/c1-12-8-13(11-26-27(6,7)18(2,3)4)9-14(20)16(12)17-24-15(10-25(17)5)19(21,22)23/h8-10H,11H2,1-7H3. The Morgan fingerprint density at radius 2 is 1.74 bits per heavy atom. The lowest BCUT2D eigenvalue weighted by molar-refractivity contribution is -0.140. The molecule has 2 rings (SSSR count). The lowest BCUT2D eigenvalue weighted by atomic mass is 10.0. The molecule has 3 nitrogen and oxygen atoms in total. The molecule has 0 unspecified atom stereocenters. The van der Waals surface area contributed by atoms with Crippen LogP contribution in [0.5, 0.6) is 0 Å². The van der Waals surface area contributed by atoms with E-state index in [9.17, 15) is 17.6 Å². The fourth-order valence-electron chi connectivity index (χ4n) is 2.50. The van der Waals surface area contributed by atoms with Crippen molar-refractivity contribution in [3.8, 4) is 11.4 Å². The van der Waals surface area contributed by atoms with Crippen LogP contribution >= 0.6 is 0 Å². The lowest BCUT2D eigenvalue weighted by Crippen LogP contribution is -2.40.